The zero-order valence-electron chi connectivity index (χ0n) is 11.2. The zero-order chi connectivity index (χ0) is 13.0. The van der Waals surface area contributed by atoms with Gasteiger partial charge in [-0.05, 0) is 32.8 Å². The molecule has 0 saturated carbocycles. The summed E-state index contributed by atoms with van der Waals surface area (Å²) >= 11 is 1.75. The number of nitrogens with one attached hydrogen (secondary N) is 1. The van der Waals surface area contributed by atoms with E-state index in [1.54, 1.807) is 11.3 Å². The van der Waals surface area contributed by atoms with E-state index in [1.807, 2.05) is 5.51 Å². The molecule has 0 aliphatic rings. The highest BCUT2D eigenvalue weighted by Gasteiger charge is 2.05. The second kappa shape index (κ2) is 6.12. The van der Waals surface area contributed by atoms with E-state index in [9.17, 15) is 0 Å². The molecule has 0 unspecified atom stereocenters. The molecule has 1 aromatic carbocycles. The molecule has 0 aliphatic carbocycles. The summed E-state index contributed by atoms with van der Waals surface area (Å²) in [6, 6.07) is 9.14. The number of hydrogen-bond acceptors (Lipinski definition) is 3. The molecular weight excluding hydrogens is 240 g/mol. The van der Waals surface area contributed by atoms with Crippen molar-refractivity contribution in [3.8, 4) is 0 Å². The number of aromatic nitrogens is 1. The molecule has 0 aliphatic heterocycles. The fraction of sp³-hybridized carbons (Fsp3) is 0.400. The van der Waals surface area contributed by atoms with Gasteiger partial charge in [-0.15, -0.1) is 11.3 Å². The summed E-state index contributed by atoms with van der Waals surface area (Å²) in [5, 5.41) is 3.56. The minimum atomic E-state index is 0.402. The SMILES string of the molecule is Cc1ccc([C@H](C)NCCc2scnc2C)cc1. The summed E-state index contributed by atoms with van der Waals surface area (Å²) in [5.41, 5.74) is 5.76. The van der Waals surface area contributed by atoms with Gasteiger partial charge in [-0.3, -0.25) is 0 Å². The first-order valence-corrected chi connectivity index (χ1v) is 7.23. The van der Waals surface area contributed by atoms with E-state index in [2.05, 4.69) is 55.3 Å². The van der Waals surface area contributed by atoms with E-state index in [0.29, 0.717) is 6.04 Å². The Morgan fingerprint density at radius 3 is 2.56 bits per heavy atom. The van der Waals surface area contributed by atoms with Gasteiger partial charge in [0.2, 0.25) is 0 Å². The van der Waals surface area contributed by atoms with E-state index in [1.165, 1.54) is 21.7 Å². The topological polar surface area (TPSA) is 24.9 Å². The lowest BCUT2D eigenvalue weighted by Gasteiger charge is -2.14. The molecular formula is C15H20N2S. The number of rotatable bonds is 5. The minimum absolute atomic E-state index is 0.402. The molecule has 2 rings (SSSR count). The van der Waals surface area contributed by atoms with Crippen molar-refractivity contribution in [3.63, 3.8) is 0 Å². The fourth-order valence-electron chi connectivity index (χ4n) is 1.94. The molecule has 0 saturated heterocycles. The standard InChI is InChI=1S/C15H20N2S/c1-11-4-6-14(7-5-11)12(2)16-9-8-15-13(3)17-10-18-15/h4-7,10,12,16H,8-9H2,1-3H3/t12-/m0/s1. The van der Waals surface area contributed by atoms with Crippen molar-refractivity contribution in [1.29, 1.82) is 0 Å². The molecule has 2 nitrogen and oxygen atoms in total. The Bertz CT molecular complexity index is 487. The summed E-state index contributed by atoms with van der Waals surface area (Å²) in [6.07, 6.45) is 1.06. The van der Waals surface area contributed by atoms with Crippen LogP contribution in [-0.2, 0) is 6.42 Å². The number of thiazole rings is 1. The van der Waals surface area contributed by atoms with Crippen LogP contribution in [0.15, 0.2) is 29.8 Å². The molecule has 1 heterocycles. The molecule has 96 valence electrons. The fourth-order valence-corrected chi connectivity index (χ4v) is 2.72. The van der Waals surface area contributed by atoms with Crippen LogP contribution in [-0.4, -0.2) is 11.5 Å². The van der Waals surface area contributed by atoms with E-state index in [4.69, 9.17) is 0 Å². The predicted octanol–water partition coefficient (Wildman–Crippen LogP) is 3.65. The highest BCUT2D eigenvalue weighted by Crippen LogP contribution is 2.15. The number of nitrogens with zero attached hydrogens (tertiary/aromatic N) is 1. The van der Waals surface area contributed by atoms with Crippen molar-refractivity contribution in [2.75, 3.05) is 6.54 Å². The van der Waals surface area contributed by atoms with Gasteiger partial charge in [-0.1, -0.05) is 29.8 Å². The summed E-state index contributed by atoms with van der Waals surface area (Å²) in [4.78, 5) is 5.66. The van der Waals surface area contributed by atoms with Crippen molar-refractivity contribution in [3.05, 3.63) is 51.5 Å². The molecule has 3 heteroatoms. The van der Waals surface area contributed by atoms with Gasteiger partial charge in [0.15, 0.2) is 0 Å². The van der Waals surface area contributed by atoms with Crippen molar-refractivity contribution in [2.24, 2.45) is 0 Å². The lowest BCUT2D eigenvalue weighted by atomic mass is 10.1. The maximum absolute atomic E-state index is 4.27. The summed E-state index contributed by atoms with van der Waals surface area (Å²) < 4.78 is 0. The van der Waals surface area contributed by atoms with Crippen LogP contribution >= 0.6 is 11.3 Å². The van der Waals surface area contributed by atoms with Crippen LogP contribution in [0.25, 0.3) is 0 Å². The van der Waals surface area contributed by atoms with Crippen LogP contribution in [0.1, 0.15) is 34.7 Å². The Kier molecular flexibility index (Phi) is 4.50. The van der Waals surface area contributed by atoms with Gasteiger partial charge in [0, 0.05) is 17.5 Å². The Labute approximate surface area is 113 Å². The average Bonchev–Trinajstić information content (AvgIpc) is 2.76. The Balaban J connectivity index is 1.83. The molecule has 1 atom stereocenters. The van der Waals surface area contributed by atoms with E-state index < -0.39 is 0 Å². The first-order chi connectivity index (χ1) is 8.66. The molecule has 0 bridgehead atoms. The molecule has 1 N–H and O–H groups in total. The summed E-state index contributed by atoms with van der Waals surface area (Å²) in [7, 11) is 0. The number of benzene rings is 1. The molecule has 0 spiro atoms. The van der Waals surface area contributed by atoms with Crippen LogP contribution in [0.2, 0.25) is 0 Å². The molecule has 1 aromatic heterocycles. The Hall–Kier alpha value is -1.19. The molecule has 2 aromatic rings. The van der Waals surface area contributed by atoms with Crippen molar-refractivity contribution >= 4 is 11.3 Å². The minimum Gasteiger partial charge on any atom is -0.310 e. The largest absolute Gasteiger partial charge is 0.310 e. The highest BCUT2D eigenvalue weighted by atomic mass is 32.1. The second-order valence-corrected chi connectivity index (χ2v) is 5.64. The van der Waals surface area contributed by atoms with Gasteiger partial charge < -0.3 is 5.32 Å². The van der Waals surface area contributed by atoms with Crippen LogP contribution in [0.5, 0.6) is 0 Å². The lowest BCUT2D eigenvalue weighted by Crippen LogP contribution is -2.21. The predicted molar refractivity (Wildman–Crippen MR) is 78.2 cm³/mol. The van der Waals surface area contributed by atoms with Crippen LogP contribution < -0.4 is 5.32 Å². The zero-order valence-corrected chi connectivity index (χ0v) is 12.1. The second-order valence-electron chi connectivity index (χ2n) is 4.70. The van der Waals surface area contributed by atoms with Crippen LogP contribution in [0.3, 0.4) is 0 Å². The Morgan fingerprint density at radius 2 is 1.94 bits per heavy atom. The third-order valence-corrected chi connectivity index (χ3v) is 4.22. The van der Waals surface area contributed by atoms with Gasteiger partial charge in [0.25, 0.3) is 0 Å². The van der Waals surface area contributed by atoms with Crippen molar-refractivity contribution in [2.45, 2.75) is 33.2 Å². The third-order valence-electron chi connectivity index (χ3n) is 3.22. The average molecular weight is 260 g/mol. The lowest BCUT2D eigenvalue weighted by molar-refractivity contribution is 0.578. The van der Waals surface area contributed by atoms with Crippen LogP contribution in [0.4, 0.5) is 0 Å². The van der Waals surface area contributed by atoms with Gasteiger partial charge >= 0.3 is 0 Å². The van der Waals surface area contributed by atoms with Crippen LogP contribution in [0, 0.1) is 13.8 Å². The van der Waals surface area contributed by atoms with E-state index in [-0.39, 0.29) is 0 Å². The monoisotopic (exact) mass is 260 g/mol. The van der Waals surface area contributed by atoms with Gasteiger partial charge in [0.05, 0.1) is 11.2 Å². The maximum atomic E-state index is 4.27. The van der Waals surface area contributed by atoms with E-state index in [0.717, 1.165) is 13.0 Å². The van der Waals surface area contributed by atoms with Gasteiger partial charge in [-0.25, -0.2) is 4.98 Å². The third kappa shape index (κ3) is 3.40. The van der Waals surface area contributed by atoms with Gasteiger partial charge in [-0.2, -0.15) is 0 Å². The number of hydrogen-bond donors (Lipinski definition) is 1. The van der Waals surface area contributed by atoms with E-state index >= 15 is 0 Å². The quantitative estimate of drug-likeness (QED) is 0.887. The molecule has 0 fully saturated rings. The Morgan fingerprint density at radius 1 is 1.22 bits per heavy atom. The summed E-state index contributed by atoms with van der Waals surface area (Å²) in [6.45, 7) is 7.41. The van der Waals surface area contributed by atoms with Crippen molar-refractivity contribution < 1.29 is 0 Å². The van der Waals surface area contributed by atoms with Crippen molar-refractivity contribution in [1.82, 2.24) is 10.3 Å². The van der Waals surface area contributed by atoms with Gasteiger partial charge in [0.1, 0.15) is 0 Å². The summed E-state index contributed by atoms with van der Waals surface area (Å²) in [5.74, 6) is 0. The molecule has 0 amide bonds. The highest BCUT2D eigenvalue weighted by molar-refractivity contribution is 7.09. The molecule has 0 radical (unpaired) electrons. The smallest absolute Gasteiger partial charge is 0.0797 e. The maximum Gasteiger partial charge on any atom is 0.0797 e. The first-order valence-electron chi connectivity index (χ1n) is 6.35. The first kappa shape index (κ1) is 13.2. The normalized spacial score (nSPS) is 12.6. The number of aryl methyl sites for hydroxylation is 2. The molecule has 18 heavy (non-hydrogen) atoms.